The minimum atomic E-state index is -0.121. The van der Waals surface area contributed by atoms with Crippen LogP contribution in [0.4, 0.5) is 0 Å². The van der Waals surface area contributed by atoms with E-state index in [0.29, 0.717) is 28.8 Å². The Labute approximate surface area is 185 Å². The Morgan fingerprint density at radius 3 is 2.45 bits per heavy atom. The predicted molar refractivity (Wildman–Crippen MR) is 118 cm³/mol. The lowest BCUT2D eigenvalue weighted by Crippen LogP contribution is -2.26. The normalized spacial score (nSPS) is 11.0. The molecule has 0 saturated heterocycles. The van der Waals surface area contributed by atoms with Crippen LogP contribution in [0.3, 0.4) is 0 Å². The highest BCUT2D eigenvalue weighted by Crippen LogP contribution is 2.19. The SMILES string of the molecule is Cc1cc(C)n(Cc2ccc(C(=O)N(C)Cc3nc(-c4ccc(Cl)cc4)no3)cc2)n1. The van der Waals surface area contributed by atoms with Crippen LogP contribution < -0.4 is 0 Å². The van der Waals surface area contributed by atoms with Crippen LogP contribution in [0.15, 0.2) is 59.1 Å². The maximum Gasteiger partial charge on any atom is 0.254 e. The van der Waals surface area contributed by atoms with E-state index in [0.717, 1.165) is 22.5 Å². The average molecular weight is 436 g/mol. The van der Waals surface area contributed by atoms with E-state index in [4.69, 9.17) is 16.1 Å². The van der Waals surface area contributed by atoms with Crippen LogP contribution >= 0.6 is 11.6 Å². The summed E-state index contributed by atoms with van der Waals surface area (Å²) in [5.74, 6) is 0.701. The molecule has 0 aliphatic rings. The monoisotopic (exact) mass is 435 g/mol. The summed E-state index contributed by atoms with van der Waals surface area (Å²) in [6.45, 7) is 4.89. The first-order valence-electron chi connectivity index (χ1n) is 9.83. The summed E-state index contributed by atoms with van der Waals surface area (Å²) >= 11 is 5.91. The van der Waals surface area contributed by atoms with Gasteiger partial charge in [-0.15, -0.1) is 0 Å². The molecule has 0 aliphatic carbocycles. The summed E-state index contributed by atoms with van der Waals surface area (Å²) in [5, 5.41) is 9.10. The lowest BCUT2D eigenvalue weighted by atomic mass is 10.1. The van der Waals surface area contributed by atoms with Crippen molar-refractivity contribution in [3.8, 4) is 11.4 Å². The zero-order valence-electron chi connectivity index (χ0n) is 17.5. The Hall–Kier alpha value is -3.45. The summed E-state index contributed by atoms with van der Waals surface area (Å²) in [7, 11) is 1.71. The third-order valence-electron chi connectivity index (χ3n) is 4.93. The highest BCUT2D eigenvalue weighted by atomic mass is 35.5. The van der Waals surface area contributed by atoms with Gasteiger partial charge in [0.1, 0.15) is 0 Å². The molecule has 0 atom stereocenters. The zero-order valence-corrected chi connectivity index (χ0v) is 18.3. The van der Waals surface area contributed by atoms with Crippen molar-refractivity contribution in [2.45, 2.75) is 26.9 Å². The summed E-state index contributed by atoms with van der Waals surface area (Å²) in [4.78, 5) is 18.7. The van der Waals surface area contributed by atoms with E-state index in [1.165, 1.54) is 0 Å². The van der Waals surface area contributed by atoms with Gasteiger partial charge in [0.2, 0.25) is 11.7 Å². The molecule has 1 amide bonds. The van der Waals surface area contributed by atoms with E-state index in [-0.39, 0.29) is 12.5 Å². The maximum atomic E-state index is 12.8. The lowest BCUT2D eigenvalue weighted by Gasteiger charge is -2.15. The molecule has 31 heavy (non-hydrogen) atoms. The number of carbonyl (C=O) groups is 1. The molecule has 4 aromatic rings. The molecule has 2 aromatic heterocycles. The number of rotatable bonds is 6. The van der Waals surface area contributed by atoms with Gasteiger partial charge in [0.05, 0.1) is 18.8 Å². The number of aryl methyl sites for hydroxylation is 2. The zero-order chi connectivity index (χ0) is 22.0. The van der Waals surface area contributed by atoms with Crippen molar-refractivity contribution in [2.24, 2.45) is 0 Å². The first kappa shape index (κ1) is 20.8. The molecule has 2 heterocycles. The van der Waals surface area contributed by atoms with Crippen molar-refractivity contribution in [3.63, 3.8) is 0 Å². The fourth-order valence-electron chi connectivity index (χ4n) is 3.29. The fraction of sp³-hybridized carbons (Fsp3) is 0.217. The Kier molecular flexibility index (Phi) is 5.86. The minimum absolute atomic E-state index is 0.121. The van der Waals surface area contributed by atoms with Crippen molar-refractivity contribution in [2.75, 3.05) is 7.05 Å². The number of halogens is 1. The van der Waals surface area contributed by atoms with Gasteiger partial charge in [-0.25, -0.2) is 0 Å². The van der Waals surface area contributed by atoms with E-state index in [1.807, 2.05) is 61.0 Å². The van der Waals surface area contributed by atoms with Crippen LogP contribution in [0.2, 0.25) is 5.02 Å². The smallest absolute Gasteiger partial charge is 0.254 e. The molecule has 0 fully saturated rings. The fourth-order valence-corrected chi connectivity index (χ4v) is 3.42. The van der Waals surface area contributed by atoms with Crippen LogP contribution in [0.5, 0.6) is 0 Å². The second-order valence-electron chi connectivity index (χ2n) is 7.46. The van der Waals surface area contributed by atoms with Crippen LogP contribution in [-0.2, 0) is 13.1 Å². The van der Waals surface area contributed by atoms with E-state index < -0.39 is 0 Å². The van der Waals surface area contributed by atoms with Gasteiger partial charge in [0.15, 0.2) is 0 Å². The van der Waals surface area contributed by atoms with E-state index >= 15 is 0 Å². The largest absolute Gasteiger partial charge is 0.337 e. The number of hydrogen-bond donors (Lipinski definition) is 0. The molecule has 0 aliphatic heterocycles. The van der Waals surface area contributed by atoms with Crippen molar-refractivity contribution in [1.29, 1.82) is 0 Å². The van der Waals surface area contributed by atoms with Crippen LogP contribution in [0.1, 0.15) is 33.2 Å². The van der Waals surface area contributed by atoms with Gasteiger partial charge in [-0.1, -0.05) is 28.9 Å². The van der Waals surface area contributed by atoms with Crippen LogP contribution in [0.25, 0.3) is 11.4 Å². The van der Waals surface area contributed by atoms with Crippen LogP contribution in [-0.4, -0.2) is 37.8 Å². The molecular weight excluding hydrogens is 414 g/mol. The third-order valence-corrected chi connectivity index (χ3v) is 5.18. The molecule has 7 nitrogen and oxygen atoms in total. The first-order valence-corrected chi connectivity index (χ1v) is 10.2. The summed E-state index contributed by atoms with van der Waals surface area (Å²) in [5.41, 5.74) is 4.57. The number of benzene rings is 2. The maximum absolute atomic E-state index is 12.8. The molecule has 0 N–H and O–H groups in total. The molecule has 0 bridgehead atoms. The van der Waals surface area contributed by atoms with E-state index in [1.54, 1.807) is 24.1 Å². The number of carbonyl (C=O) groups excluding carboxylic acids is 1. The third kappa shape index (κ3) is 4.83. The number of hydrogen-bond acceptors (Lipinski definition) is 5. The molecule has 0 radical (unpaired) electrons. The van der Waals surface area contributed by atoms with Gasteiger partial charge in [-0.05, 0) is 61.9 Å². The lowest BCUT2D eigenvalue weighted by molar-refractivity contribution is 0.0769. The second-order valence-corrected chi connectivity index (χ2v) is 7.90. The highest BCUT2D eigenvalue weighted by molar-refractivity contribution is 6.30. The van der Waals surface area contributed by atoms with Gasteiger partial charge >= 0.3 is 0 Å². The van der Waals surface area contributed by atoms with Gasteiger partial charge in [-0.2, -0.15) is 10.1 Å². The van der Waals surface area contributed by atoms with Crippen molar-refractivity contribution >= 4 is 17.5 Å². The number of amides is 1. The van der Waals surface area contributed by atoms with Gasteiger partial charge < -0.3 is 9.42 Å². The average Bonchev–Trinajstić information content (AvgIpc) is 3.34. The Morgan fingerprint density at radius 1 is 1.10 bits per heavy atom. The van der Waals surface area contributed by atoms with Crippen molar-refractivity contribution in [3.05, 3.63) is 88.0 Å². The molecule has 8 heteroatoms. The molecule has 4 rings (SSSR count). The van der Waals surface area contributed by atoms with Gasteiger partial charge in [0.25, 0.3) is 5.91 Å². The summed E-state index contributed by atoms with van der Waals surface area (Å²) in [6.07, 6.45) is 0. The Balaban J connectivity index is 1.40. The number of nitrogens with zero attached hydrogens (tertiary/aromatic N) is 5. The van der Waals surface area contributed by atoms with Crippen molar-refractivity contribution < 1.29 is 9.32 Å². The quantitative estimate of drug-likeness (QED) is 0.445. The van der Waals surface area contributed by atoms with E-state index in [9.17, 15) is 4.79 Å². The molecule has 158 valence electrons. The minimum Gasteiger partial charge on any atom is -0.337 e. The Bertz CT molecular complexity index is 1200. The summed E-state index contributed by atoms with van der Waals surface area (Å²) < 4.78 is 7.26. The van der Waals surface area contributed by atoms with Gasteiger partial charge in [-0.3, -0.25) is 9.48 Å². The molecular formula is C23H22ClN5O2. The molecule has 0 saturated carbocycles. The second kappa shape index (κ2) is 8.73. The van der Waals surface area contributed by atoms with Crippen LogP contribution in [0, 0.1) is 13.8 Å². The Morgan fingerprint density at radius 2 is 1.81 bits per heavy atom. The molecule has 0 spiro atoms. The topological polar surface area (TPSA) is 77.0 Å². The summed E-state index contributed by atoms with van der Waals surface area (Å²) in [6, 6.07) is 16.8. The standard InChI is InChI=1S/C23H22ClN5O2/c1-15-12-16(2)29(26-15)13-17-4-6-19(7-5-17)23(30)28(3)14-21-25-22(27-31-21)18-8-10-20(24)11-9-18/h4-12H,13-14H2,1-3H3. The van der Waals surface area contributed by atoms with Gasteiger partial charge in [0, 0.05) is 28.9 Å². The molecule has 2 aromatic carbocycles. The number of aromatic nitrogens is 4. The first-order chi connectivity index (χ1) is 14.9. The highest BCUT2D eigenvalue weighted by Gasteiger charge is 2.16. The van der Waals surface area contributed by atoms with E-state index in [2.05, 4.69) is 15.2 Å². The van der Waals surface area contributed by atoms with Crippen molar-refractivity contribution in [1.82, 2.24) is 24.8 Å². The predicted octanol–water partition coefficient (Wildman–Crippen LogP) is 4.52. The molecule has 0 unspecified atom stereocenters.